The zero-order valence-electron chi connectivity index (χ0n) is 19.4. The molecule has 0 spiro atoms. The molecule has 1 heterocycles. The van der Waals surface area contributed by atoms with Crippen molar-refractivity contribution in [1.29, 1.82) is 0 Å². The first kappa shape index (κ1) is 26.3. The lowest BCUT2D eigenvalue weighted by Crippen LogP contribution is -2.06. The van der Waals surface area contributed by atoms with Crippen molar-refractivity contribution in [2.75, 3.05) is 12.0 Å². The van der Waals surface area contributed by atoms with Crippen LogP contribution in [0.2, 0.25) is 0 Å². The van der Waals surface area contributed by atoms with Crippen molar-refractivity contribution in [2.45, 2.75) is 26.1 Å². The Kier molecular flexibility index (Phi) is 8.66. The molecule has 0 aliphatic carbocycles. The molecule has 3 aromatic rings. The summed E-state index contributed by atoms with van der Waals surface area (Å²) >= 11 is 0. The number of hydrogen-bond donors (Lipinski definition) is 2. The summed E-state index contributed by atoms with van der Waals surface area (Å²) in [5, 5.41) is 13.1. The number of carboxylic acid groups (broad SMARTS) is 1. The molecule has 10 heteroatoms. The standard InChI is InChI=1S/C26H24F3N3O4/c1-3-5-20-12-18(14-31-32-23-11-10-21(15-30-23)26(27,28)29)13-22(35-4-2)24(20)36-16-17-6-8-19(9-7-17)25(33)34/h3,6-15H,1,4-5,16H2,2H3,(H,30,32)(H,33,34)/b31-14-. The molecule has 2 N–H and O–H groups in total. The van der Waals surface area contributed by atoms with E-state index in [0.717, 1.165) is 23.4 Å². The first-order valence-electron chi connectivity index (χ1n) is 10.9. The fourth-order valence-corrected chi connectivity index (χ4v) is 3.19. The average Bonchev–Trinajstić information content (AvgIpc) is 2.84. The van der Waals surface area contributed by atoms with Crippen molar-refractivity contribution in [3.05, 3.63) is 95.2 Å². The van der Waals surface area contributed by atoms with Gasteiger partial charge in [0.1, 0.15) is 12.4 Å². The van der Waals surface area contributed by atoms with Crippen LogP contribution >= 0.6 is 0 Å². The summed E-state index contributed by atoms with van der Waals surface area (Å²) in [4.78, 5) is 14.8. The minimum absolute atomic E-state index is 0.157. The number of aromatic carboxylic acids is 1. The number of ether oxygens (including phenoxy) is 2. The number of hydrogen-bond acceptors (Lipinski definition) is 6. The molecule has 0 atom stereocenters. The number of alkyl halides is 3. The van der Waals surface area contributed by atoms with Gasteiger partial charge in [-0.1, -0.05) is 18.2 Å². The van der Waals surface area contributed by atoms with Gasteiger partial charge in [0.05, 0.1) is 23.9 Å². The number of aromatic nitrogens is 1. The van der Waals surface area contributed by atoms with Crippen molar-refractivity contribution in [1.82, 2.24) is 4.98 Å². The van der Waals surface area contributed by atoms with Crippen LogP contribution in [-0.4, -0.2) is 28.9 Å². The number of halogens is 3. The Morgan fingerprint density at radius 2 is 1.92 bits per heavy atom. The predicted octanol–water partition coefficient (Wildman–Crippen LogP) is 5.95. The SMILES string of the molecule is C=CCc1cc(/C=N\Nc2ccc(C(F)(F)F)cn2)cc(OCC)c1OCc1ccc(C(=O)O)cc1. The number of anilines is 1. The van der Waals surface area contributed by atoms with E-state index in [1.54, 1.807) is 24.3 Å². The highest BCUT2D eigenvalue weighted by atomic mass is 19.4. The van der Waals surface area contributed by atoms with E-state index in [9.17, 15) is 18.0 Å². The Labute approximate surface area is 205 Å². The molecule has 0 saturated heterocycles. The van der Waals surface area contributed by atoms with Gasteiger partial charge in [0.25, 0.3) is 0 Å². The number of benzene rings is 2. The fraction of sp³-hybridized carbons (Fsp3) is 0.192. The second-order valence-corrected chi connectivity index (χ2v) is 7.52. The van der Waals surface area contributed by atoms with E-state index >= 15 is 0 Å². The summed E-state index contributed by atoms with van der Waals surface area (Å²) in [6.07, 6.45) is -0.0526. The number of pyridine rings is 1. The first-order chi connectivity index (χ1) is 17.2. The Morgan fingerprint density at radius 1 is 1.17 bits per heavy atom. The molecule has 0 fully saturated rings. The van der Waals surface area contributed by atoms with Gasteiger partial charge in [0.15, 0.2) is 11.5 Å². The smallest absolute Gasteiger partial charge is 0.417 e. The second-order valence-electron chi connectivity index (χ2n) is 7.52. The highest BCUT2D eigenvalue weighted by Crippen LogP contribution is 2.34. The van der Waals surface area contributed by atoms with Gasteiger partial charge in [-0.05, 0) is 60.9 Å². The molecular formula is C26H24F3N3O4. The molecular weight excluding hydrogens is 475 g/mol. The van der Waals surface area contributed by atoms with Crippen LogP contribution < -0.4 is 14.9 Å². The van der Waals surface area contributed by atoms with Gasteiger partial charge in [-0.25, -0.2) is 9.78 Å². The normalized spacial score (nSPS) is 11.3. The summed E-state index contributed by atoms with van der Waals surface area (Å²) < 4.78 is 49.9. The molecule has 0 aliphatic heterocycles. The summed E-state index contributed by atoms with van der Waals surface area (Å²) in [7, 11) is 0. The Morgan fingerprint density at radius 3 is 2.50 bits per heavy atom. The molecule has 188 valence electrons. The van der Waals surface area contributed by atoms with Gasteiger partial charge in [0.2, 0.25) is 0 Å². The van der Waals surface area contributed by atoms with Crippen molar-refractivity contribution in [2.24, 2.45) is 5.10 Å². The maximum atomic E-state index is 12.7. The van der Waals surface area contributed by atoms with Gasteiger partial charge < -0.3 is 14.6 Å². The maximum absolute atomic E-state index is 12.7. The number of nitrogens with zero attached hydrogens (tertiary/aromatic N) is 2. The monoisotopic (exact) mass is 499 g/mol. The summed E-state index contributed by atoms with van der Waals surface area (Å²) in [5.74, 6) is 0.154. The van der Waals surface area contributed by atoms with E-state index in [0.29, 0.717) is 30.1 Å². The molecule has 36 heavy (non-hydrogen) atoms. The number of allylic oxidation sites excluding steroid dienone is 1. The van der Waals surface area contributed by atoms with Gasteiger partial charge in [-0.3, -0.25) is 5.43 Å². The number of nitrogens with one attached hydrogen (secondary N) is 1. The third-order valence-electron chi connectivity index (χ3n) is 4.89. The maximum Gasteiger partial charge on any atom is 0.417 e. The summed E-state index contributed by atoms with van der Waals surface area (Å²) in [5.41, 5.74) is 4.17. The lowest BCUT2D eigenvalue weighted by molar-refractivity contribution is -0.137. The van der Waals surface area contributed by atoms with Crippen LogP contribution in [0.3, 0.4) is 0 Å². The quantitative estimate of drug-likeness (QED) is 0.192. The van der Waals surface area contributed by atoms with Crippen LogP contribution in [0.15, 0.2) is 72.5 Å². The highest BCUT2D eigenvalue weighted by molar-refractivity contribution is 5.87. The first-order valence-corrected chi connectivity index (χ1v) is 10.9. The Balaban J connectivity index is 1.78. The van der Waals surface area contributed by atoms with Gasteiger partial charge in [-0.15, -0.1) is 6.58 Å². The van der Waals surface area contributed by atoms with E-state index in [1.165, 1.54) is 24.4 Å². The Hall–Kier alpha value is -4.34. The molecule has 0 bridgehead atoms. The number of hydrazone groups is 1. The number of rotatable bonds is 11. The third-order valence-corrected chi connectivity index (χ3v) is 4.89. The molecule has 2 aromatic carbocycles. The minimum Gasteiger partial charge on any atom is -0.490 e. The van der Waals surface area contributed by atoms with Crippen LogP contribution in [-0.2, 0) is 19.2 Å². The van der Waals surface area contributed by atoms with Gasteiger partial charge in [0, 0.05) is 11.8 Å². The van der Waals surface area contributed by atoms with Crippen molar-refractivity contribution in [3.63, 3.8) is 0 Å². The van der Waals surface area contributed by atoms with Crippen LogP contribution in [0.25, 0.3) is 0 Å². The zero-order chi connectivity index (χ0) is 26.1. The van der Waals surface area contributed by atoms with Crippen LogP contribution in [0.5, 0.6) is 11.5 Å². The second kappa shape index (κ2) is 11.9. The minimum atomic E-state index is -4.46. The average molecular weight is 499 g/mol. The highest BCUT2D eigenvalue weighted by Gasteiger charge is 2.30. The van der Waals surface area contributed by atoms with Crippen molar-refractivity contribution in [3.8, 4) is 11.5 Å². The van der Waals surface area contributed by atoms with E-state index in [-0.39, 0.29) is 18.0 Å². The zero-order valence-corrected chi connectivity index (χ0v) is 19.4. The van der Waals surface area contributed by atoms with E-state index in [1.807, 2.05) is 13.0 Å². The lowest BCUT2D eigenvalue weighted by Gasteiger charge is -2.17. The molecule has 0 aliphatic rings. The topological polar surface area (TPSA) is 93.0 Å². The summed E-state index contributed by atoms with van der Waals surface area (Å²) in [6, 6.07) is 12.0. The van der Waals surface area contributed by atoms with Crippen molar-refractivity contribution < 1.29 is 32.5 Å². The molecule has 3 rings (SSSR count). The van der Waals surface area contributed by atoms with Crippen LogP contribution in [0.1, 0.15) is 39.5 Å². The molecule has 1 aromatic heterocycles. The number of carbonyl (C=O) groups is 1. The fourth-order valence-electron chi connectivity index (χ4n) is 3.19. The van der Waals surface area contributed by atoms with Crippen LogP contribution in [0.4, 0.5) is 19.0 Å². The molecule has 0 unspecified atom stereocenters. The van der Waals surface area contributed by atoms with E-state index in [2.05, 4.69) is 22.1 Å². The van der Waals surface area contributed by atoms with Gasteiger partial charge >= 0.3 is 12.1 Å². The predicted molar refractivity (Wildman–Crippen MR) is 130 cm³/mol. The van der Waals surface area contributed by atoms with E-state index in [4.69, 9.17) is 14.6 Å². The van der Waals surface area contributed by atoms with Gasteiger partial charge in [-0.2, -0.15) is 18.3 Å². The lowest BCUT2D eigenvalue weighted by atomic mass is 10.1. The van der Waals surface area contributed by atoms with E-state index < -0.39 is 17.7 Å². The third kappa shape index (κ3) is 7.08. The molecule has 0 saturated carbocycles. The number of carboxylic acids is 1. The van der Waals surface area contributed by atoms with Crippen LogP contribution in [0, 0.1) is 0 Å². The Bertz CT molecular complexity index is 1220. The molecule has 0 amide bonds. The molecule has 7 nitrogen and oxygen atoms in total. The molecule has 0 radical (unpaired) electrons. The van der Waals surface area contributed by atoms with Crippen molar-refractivity contribution >= 4 is 18.0 Å². The largest absolute Gasteiger partial charge is 0.490 e. The summed E-state index contributed by atoms with van der Waals surface area (Å²) in [6.45, 7) is 6.19.